The van der Waals surface area contributed by atoms with Gasteiger partial charge in [0.1, 0.15) is 5.82 Å². The lowest BCUT2D eigenvalue weighted by Crippen LogP contribution is -1.81. The molecule has 3 nitrogen and oxygen atoms in total. The minimum absolute atomic E-state index is 0.0664. The summed E-state index contributed by atoms with van der Waals surface area (Å²) in [6, 6.07) is 4.49. The topological polar surface area (TPSA) is 38.9 Å². The molecule has 2 rings (SSSR count). The van der Waals surface area contributed by atoms with Crippen molar-refractivity contribution in [2.45, 2.75) is 0 Å². The Morgan fingerprint density at radius 1 is 1.36 bits per heavy atom. The third-order valence-electron chi connectivity index (χ3n) is 1.57. The number of halogens is 3. The van der Waals surface area contributed by atoms with E-state index in [2.05, 4.69) is 26.1 Å². The summed E-state index contributed by atoms with van der Waals surface area (Å²) in [5.74, 6) is -0.196. The van der Waals surface area contributed by atoms with Crippen molar-refractivity contribution >= 4 is 27.5 Å². The number of hydrogen-bond donors (Lipinski definition) is 0. The molecule has 0 bridgehead atoms. The van der Waals surface area contributed by atoms with Gasteiger partial charge in [-0.15, -0.1) is 5.10 Å². The van der Waals surface area contributed by atoms with Crippen LogP contribution in [0.2, 0.25) is 5.35 Å². The molecule has 1 heterocycles. The monoisotopic (exact) mass is 276 g/mol. The van der Waals surface area contributed by atoms with Crippen molar-refractivity contribution in [1.82, 2.24) is 10.2 Å². The zero-order valence-corrected chi connectivity index (χ0v) is 9.01. The van der Waals surface area contributed by atoms with Crippen LogP contribution in [0.25, 0.3) is 11.5 Å². The van der Waals surface area contributed by atoms with Gasteiger partial charge in [0.2, 0.25) is 5.89 Å². The normalized spacial score (nSPS) is 10.5. The van der Waals surface area contributed by atoms with Gasteiger partial charge in [-0.25, -0.2) is 4.39 Å². The summed E-state index contributed by atoms with van der Waals surface area (Å²) in [6.07, 6.45) is 0. The Hall–Kier alpha value is -0.940. The number of aromatic nitrogens is 2. The highest BCUT2D eigenvalue weighted by atomic mass is 79.9. The minimum atomic E-state index is -0.392. The number of rotatable bonds is 1. The number of hydrogen-bond acceptors (Lipinski definition) is 3. The van der Waals surface area contributed by atoms with Crippen molar-refractivity contribution in [3.05, 3.63) is 33.8 Å². The molecule has 0 aliphatic rings. The number of benzene rings is 1. The molecule has 14 heavy (non-hydrogen) atoms. The molecule has 0 atom stereocenters. The smallest absolute Gasteiger partial charge is 0.313 e. The second-order valence-electron chi connectivity index (χ2n) is 2.49. The van der Waals surface area contributed by atoms with E-state index in [4.69, 9.17) is 16.0 Å². The van der Waals surface area contributed by atoms with Gasteiger partial charge in [0.05, 0.1) is 4.47 Å². The van der Waals surface area contributed by atoms with E-state index >= 15 is 0 Å². The van der Waals surface area contributed by atoms with E-state index in [1.165, 1.54) is 6.07 Å². The molecule has 2 aromatic rings. The van der Waals surface area contributed by atoms with E-state index in [0.29, 0.717) is 10.0 Å². The van der Waals surface area contributed by atoms with Gasteiger partial charge in [0, 0.05) is 5.56 Å². The van der Waals surface area contributed by atoms with Crippen LogP contribution in [0.1, 0.15) is 0 Å². The predicted molar refractivity (Wildman–Crippen MR) is 52.4 cm³/mol. The van der Waals surface area contributed by atoms with E-state index in [9.17, 15) is 4.39 Å². The van der Waals surface area contributed by atoms with Crippen LogP contribution in [-0.2, 0) is 0 Å². The molecule has 72 valence electrons. The van der Waals surface area contributed by atoms with E-state index in [-0.39, 0.29) is 11.2 Å². The lowest BCUT2D eigenvalue weighted by molar-refractivity contribution is 0.568. The third-order valence-corrected chi connectivity index (χ3v) is 2.36. The SMILES string of the molecule is Fc1cc(-c2nnc(Cl)o2)ccc1Br. The summed E-state index contributed by atoms with van der Waals surface area (Å²) in [4.78, 5) is 0. The molecule has 0 unspecified atom stereocenters. The molecule has 0 aliphatic heterocycles. The Kier molecular flexibility index (Phi) is 2.52. The van der Waals surface area contributed by atoms with Crippen molar-refractivity contribution in [3.63, 3.8) is 0 Å². The Bertz CT molecular complexity index is 474. The third kappa shape index (κ3) is 1.78. The molecule has 0 aliphatic carbocycles. The van der Waals surface area contributed by atoms with Gasteiger partial charge in [0.15, 0.2) is 0 Å². The first-order valence-electron chi connectivity index (χ1n) is 3.61. The fraction of sp³-hybridized carbons (Fsp3) is 0. The fourth-order valence-corrected chi connectivity index (χ4v) is 1.31. The van der Waals surface area contributed by atoms with Crippen molar-refractivity contribution in [2.75, 3.05) is 0 Å². The Labute approximate surface area is 92.0 Å². The quantitative estimate of drug-likeness (QED) is 0.803. The van der Waals surface area contributed by atoms with Gasteiger partial charge < -0.3 is 4.42 Å². The Morgan fingerprint density at radius 3 is 2.71 bits per heavy atom. The summed E-state index contributed by atoms with van der Waals surface area (Å²) in [7, 11) is 0. The van der Waals surface area contributed by atoms with Crippen molar-refractivity contribution in [2.24, 2.45) is 0 Å². The Balaban J connectivity index is 2.47. The molecule has 0 radical (unpaired) electrons. The summed E-state index contributed by atoms with van der Waals surface area (Å²) >= 11 is 8.48. The molecule has 1 aromatic heterocycles. The van der Waals surface area contributed by atoms with Crippen molar-refractivity contribution < 1.29 is 8.81 Å². The molecular formula is C8H3BrClFN2O. The van der Waals surface area contributed by atoms with Gasteiger partial charge in [-0.3, -0.25) is 0 Å². The zero-order chi connectivity index (χ0) is 10.1. The van der Waals surface area contributed by atoms with Gasteiger partial charge in [-0.2, -0.15) is 0 Å². The van der Waals surface area contributed by atoms with Gasteiger partial charge >= 0.3 is 5.35 Å². The molecule has 0 amide bonds. The molecule has 0 N–H and O–H groups in total. The first-order valence-corrected chi connectivity index (χ1v) is 4.78. The zero-order valence-electron chi connectivity index (χ0n) is 6.67. The molecular weight excluding hydrogens is 274 g/mol. The molecule has 0 fully saturated rings. The highest BCUT2D eigenvalue weighted by Crippen LogP contribution is 2.24. The van der Waals surface area contributed by atoms with E-state index in [0.717, 1.165) is 0 Å². The highest BCUT2D eigenvalue weighted by Gasteiger charge is 2.08. The summed E-state index contributed by atoms with van der Waals surface area (Å²) in [6.45, 7) is 0. The van der Waals surface area contributed by atoms with Crippen LogP contribution >= 0.6 is 27.5 Å². The first-order chi connectivity index (χ1) is 6.66. The van der Waals surface area contributed by atoms with Crippen LogP contribution < -0.4 is 0 Å². The lowest BCUT2D eigenvalue weighted by atomic mass is 10.2. The average Bonchev–Trinajstić information content (AvgIpc) is 2.57. The molecule has 0 saturated heterocycles. The van der Waals surface area contributed by atoms with Crippen molar-refractivity contribution in [1.29, 1.82) is 0 Å². The molecule has 1 aromatic carbocycles. The standard InChI is InChI=1S/C8H3BrClFN2O/c9-5-2-1-4(3-6(5)11)7-12-13-8(10)14-7/h1-3H. The van der Waals surface area contributed by atoms with Crippen LogP contribution in [0, 0.1) is 5.82 Å². The van der Waals surface area contributed by atoms with E-state index < -0.39 is 5.82 Å². The first kappa shape index (κ1) is 9.61. The summed E-state index contributed by atoms with van der Waals surface area (Å²) in [5, 5.41) is 7.02. The lowest BCUT2D eigenvalue weighted by Gasteiger charge is -1.96. The molecule has 0 saturated carbocycles. The van der Waals surface area contributed by atoms with E-state index in [1.54, 1.807) is 12.1 Å². The Morgan fingerprint density at radius 2 is 2.14 bits per heavy atom. The molecule has 6 heteroatoms. The second kappa shape index (κ2) is 3.67. The number of nitrogens with zero attached hydrogens (tertiary/aromatic N) is 2. The fourth-order valence-electron chi connectivity index (χ4n) is 0.951. The van der Waals surface area contributed by atoms with Gasteiger partial charge in [0.25, 0.3) is 0 Å². The van der Waals surface area contributed by atoms with Gasteiger partial charge in [-0.05, 0) is 45.7 Å². The minimum Gasteiger partial charge on any atom is -0.407 e. The summed E-state index contributed by atoms with van der Waals surface area (Å²) in [5.41, 5.74) is 0.491. The van der Waals surface area contributed by atoms with Gasteiger partial charge in [-0.1, -0.05) is 5.10 Å². The van der Waals surface area contributed by atoms with Crippen molar-refractivity contribution in [3.8, 4) is 11.5 Å². The second-order valence-corrected chi connectivity index (χ2v) is 3.67. The molecule has 0 spiro atoms. The van der Waals surface area contributed by atoms with Crippen LogP contribution in [0.3, 0.4) is 0 Å². The van der Waals surface area contributed by atoms with Crippen LogP contribution in [0.5, 0.6) is 0 Å². The van der Waals surface area contributed by atoms with Crippen LogP contribution in [-0.4, -0.2) is 10.2 Å². The highest BCUT2D eigenvalue weighted by molar-refractivity contribution is 9.10. The van der Waals surface area contributed by atoms with Crippen LogP contribution in [0.4, 0.5) is 4.39 Å². The van der Waals surface area contributed by atoms with Crippen LogP contribution in [0.15, 0.2) is 27.1 Å². The average molecular weight is 277 g/mol. The summed E-state index contributed by atoms with van der Waals surface area (Å²) < 4.78 is 18.4. The largest absolute Gasteiger partial charge is 0.407 e. The predicted octanol–water partition coefficient (Wildman–Crippen LogP) is 3.29. The maximum atomic E-state index is 13.1. The maximum absolute atomic E-state index is 13.1. The maximum Gasteiger partial charge on any atom is 0.313 e. The van der Waals surface area contributed by atoms with E-state index in [1.807, 2.05) is 0 Å².